The third-order valence-electron chi connectivity index (χ3n) is 8.10. The van der Waals surface area contributed by atoms with Crippen molar-refractivity contribution in [2.45, 2.75) is 65.2 Å². The third-order valence-corrected chi connectivity index (χ3v) is 8.10. The van der Waals surface area contributed by atoms with Crippen molar-refractivity contribution >= 4 is 23.5 Å². The number of anilines is 1. The molecule has 0 spiro atoms. The van der Waals surface area contributed by atoms with Crippen LogP contribution in [0.25, 0.3) is 17.2 Å². The van der Waals surface area contributed by atoms with E-state index in [4.69, 9.17) is 5.11 Å². The van der Waals surface area contributed by atoms with Gasteiger partial charge in [-0.2, -0.15) is 0 Å². The minimum Gasteiger partial charge on any atom is -0.478 e. The highest BCUT2D eigenvalue weighted by Crippen LogP contribution is 2.50. The summed E-state index contributed by atoms with van der Waals surface area (Å²) >= 11 is 0. The van der Waals surface area contributed by atoms with Crippen molar-refractivity contribution in [1.29, 1.82) is 0 Å². The van der Waals surface area contributed by atoms with Gasteiger partial charge in [-0.15, -0.1) is 0 Å². The van der Waals surface area contributed by atoms with Gasteiger partial charge in [-0.3, -0.25) is 4.79 Å². The van der Waals surface area contributed by atoms with Gasteiger partial charge in [-0.25, -0.2) is 4.79 Å². The SMILES string of the molecule is CCN(CC)c1ccc(-c2cc(C(=O)C=Cc3ccc(C(=O)O)cc3)cc3c2C(C)(C)CCC3(C)C)cc1. The Labute approximate surface area is 227 Å². The third kappa shape index (κ3) is 5.45. The standard InChI is InChI=1S/C34H39NO3/c1-7-35(8-2)27-16-14-24(15-17-27)28-21-26(22-29-31(28)34(5,6)20-19-33(29,3)4)30(36)18-11-23-9-12-25(13-10-23)32(37)38/h9-18,21-22H,7-8,19-20H2,1-6H3,(H,37,38). The molecule has 0 saturated carbocycles. The van der Waals surface area contributed by atoms with Crippen molar-refractivity contribution in [3.63, 3.8) is 0 Å². The number of carbonyl (C=O) groups is 2. The van der Waals surface area contributed by atoms with Crippen LogP contribution in [-0.4, -0.2) is 29.9 Å². The van der Waals surface area contributed by atoms with E-state index in [-0.39, 0.29) is 22.2 Å². The van der Waals surface area contributed by atoms with Crippen molar-refractivity contribution in [2.75, 3.05) is 18.0 Å². The lowest BCUT2D eigenvalue weighted by Crippen LogP contribution is -2.34. The molecule has 0 radical (unpaired) electrons. The first-order chi connectivity index (χ1) is 18.0. The van der Waals surface area contributed by atoms with Crippen LogP contribution in [0.3, 0.4) is 0 Å². The molecule has 4 rings (SSSR count). The predicted octanol–water partition coefficient (Wildman–Crippen LogP) is 8.14. The van der Waals surface area contributed by atoms with E-state index in [9.17, 15) is 9.59 Å². The number of allylic oxidation sites excluding steroid dienone is 1. The zero-order valence-electron chi connectivity index (χ0n) is 23.5. The number of fused-ring (bicyclic) bond motifs is 1. The second kappa shape index (κ2) is 10.6. The number of ketones is 1. The van der Waals surface area contributed by atoms with Crippen LogP contribution in [0, 0.1) is 0 Å². The van der Waals surface area contributed by atoms with E-state index in [0.29, 0.717) is 5.56 Å². The van der Waals surface area contributed by atoms with Crippen LogP contribution >= 0.6 is 0 Å². The molecular weight excluding hydrogens is 470 g/mol. The second-order valence-electron chi connectivity index (χ2n) is 11.6. The zero-order valence-corrected chi connectivity index (χ0v) is 23.5. The quantitative estimate of drug-likeness (QED) is 0.246. The van der Waals surface area contributed by atoms with Gasteiger partial charge < -0.3 is 10.0 Å². The maximum absolute atomic E-state index is 13.5. The summed E-state index contributed by atoms with van der Waals surface area (Å²) in [7, 11) is 0. The van der Waals surface area contributed by atoms with E-state index in [0.717, 1.165) is 42.6 Å². The highest BCUT2D eigenvalue weighted by Gasteiger charge is 2.39. The number of carboxylic acid groups (broad SMARTS) is 1. The van der Waals surface area contributed by atoms with Crippen LogP contribution < -0.4 is 4.90 Å². The Hall–Kier alpha value is -3.66. The van der Waals surface area contributed by atoms with E-state index >= 15 is 0 Å². The van der Waals surface area contributed by atoms with Gasteiger partial charge in [0.2, 0.25) is 0 Å². The molecule has 1 aliphatic carbocycles. The molecule has 0 saturated heterocycles. The fraction of sp³-hybridized carbons (Fsp3) is 0.353. The van der Waals surface area contributed by atoms with Crippen molar-refractivity contribution < 1.29 is 14.7 Å². The monoisotopic (exact) mass is 509 g/mol. The summed E-state index contributed by atoms with van der Waals surface area (Å²) in [6, 6.07) is 19.5. The lowest BCUT2D eigenvalue weighted by molar-refractivity contribution is 0.0696. The van der Waals surface area contributed by atoms with Crippen LogP contribution in [-0.2, 0) is 10.8 Å². The summed E-state index contributed by atoms with van der Waals surface area (Å²) in [5.74, 6) is -1.02. The van der Waals surface area contributed by atoms with Gasteiger partial charge in [0.05, 0.1) is 5.56 Å². The number of hydrogen-bond donors (Lipinski definition) is 1. The summed E-state index contributed by atoms with van der Waals surface area (Å²) < 4.78 is 0. The first-order valence-electron chi connectivity index (χ1n) is 13.6. The molecule has 0 bridgehead atoms. The van der Waals surface area contributed by atoms with Crippen LogP contribution in [0.1, 0.15) is 91.8 Å². The molecule has 0 aromatic heterocycles. The van der Waals surface area contributed by atoms with Gasteiger partial charge in [0, 0.05) is 24.3 Å². The number of aromatic carboxylic acids is 1. The van der Waals surface area contributed by atoms with E-state index < -0.39 is 5.97 Å². The van der Waals surface area contributed by atoms with E-state index in [1.54, 1.807) is 36.4 Å². The lowest BCUT2D eigenvalue weighted by atomic mass is 9.61. The molecule has 0 amide bonds. The molecule has 1 aliphatic rings. The lowest BCUT2D eigenvalue weighted by Gasteiger charge is -2.43. The molecule has 3 aromatic carbocycles. The Morgan fingerprint density at radius 2 is 1.45 bits per heavy atom. The molecule has 0 atom stereocenters. The Kier molecular flexibility index (Phi) is 7.64. The normalized spacial score (nSPS) is 15.7. The predicted molar refractivity (Wildman–Crippen MR) is 157 cm³/mol. The molecule has 3 aromatic rings. The smallest absolute Gasteiger partial charge is 0.335 e. The molecule has 0 unspecified atom stereocenters. The molecule has 0 fully saturated rings. The van der Waals surface area contributed by atoms with E-state index in [1.807, 2.05) is 0 Å². The fourth-order valence-electron chi connectivity index (χ4n) is 5.61. The minimum absolute atomic E-state index is 0.00103. The number of carboxylic acids is 1. The number of nitrogens with zero attached hydrogens (tertiary/aromatic N) is 1. The van der Waals surface area contributed by atoms with Gasteiger partial charge in [0.15, 0.2) is 5.78 Å². The summed E-state index contributed by atoms with van der Waals surface area (Å²) in [6.45, 7) is 15.4. The zero-order chi connectivity index (χ0) is 27.7. The van der Waals surface area contributed by atoms with Crippen LogP contribution in [0.15, 0.2) is 66.7 Å². The van der Waals surface area contributed by atoms with Gasteiger partial charge >= 0.3 is 5.97 Å². The van der Waals surface area contributed by atoms with Gasteiger partial charge in [-0.1, -0.05) is 58.0 Å². The van der Waals surface area contributed by atoms with Crippen molar-refractivity contribution in [3.05, 3.63) is 94.6 Å². The highest BCUT2D eigenvalue weighted by molar-refractivity contribution is 6.08. The van der Waals surface area contributed by atoms with Crippen molar-refractivity contribution in [1.82, 2.24) is 0 Å². The Balaban J connectivity index is 1.79. The Bertz CT molecular complexity index is 1360. The van der Waals surface area contributed by atoms with Crippen LogP contribution in [0.4, 0.5) is 5.69 Å². The maximum atomic E-state index is 13.5. The molecule has 38 heavy (non-hydrogen) atoms. The Morgan fingerprint density at radius 1 is 0.842 bits per heavy atom. The summed E-state index contributed by atoms with van der Waals surface area (Å²) in [5, 5.41) is 9.13. The molecule has 4 heteroatoms. The van der Waals surface area contributed by atoms with E-state index in [1.165, 1.54) is 16.8 Å². The summed E-state index contributed by atoms with van der Waals surface area (Å²) in [4.78, 5) is 26.9. The number of carbonyl (C=O) groups excluding carboxylic acids is 1. The number of hydrogen-bond acceptors (Lipinski definition) is 3. The summed E-state index contributed by atoms with van der Waals surface area (Å²) in [5.41, 5.74) is 7.72. The number of rotatable bonds is 8. The molecular formula is C34H39NO3. The second-order valence-corrected chi connectivity index (χ2v) is 11.6. The minimum atomic E-state index is -0.964. The number of benzene rings is 3. The summed E-state index contributed by atoms with van der Waals surface area (Å²) in [6.07, 6.45) is 5.50. The van der Waals surface area contributed by atoms with E-state index in [2.05, 4.69) is 82.8 Å². The molecule has 4 nitrogen and oxygen atoms in total. The van der Waals surface area contributed by atoms with Gasteiger partial charge in [-0.05, 0) is 108 Å². The molecule has 0 aliphatic heterocycles. The largest absolute Gasteiger partial charge is 0.478 e. The van der Waals surface area contributed by atoms with Crippen molar-refractivity contribution in [2.24, 2.45) is 0 Å². The first-order valence-corrected chi connectivity index (χ1v) is 13.6. The average molecular weight is 510 g/mol. The van der Waals surface area contributed by atoms with Crippen molar-refractivity contribution in [3.8, 4) is 11.1 Å². The topological polar surface area (TPSA) is 57.6 Å². The fourth-order valence-corrected chi connectivity index (χ4v) is 5.61. The van der Waals surface area contributed by atoms with Gasteiger partial charge in [0.25, 0.3) is 0 Å². The van der Waals surface area contributed by atoms with Gasteiger partial charge in [0.1, 0.15) is 0 Å². The Morgan fingerprint density at radius 3 is 2.03 bits per heavy atom. The average Bonchev–Trinajstić information content (AvgIpc) is 2.90. The highest BCUT2D eigenvalue weighted by atomic mass is 16.4. The first kappa shape index (κ1) is 27.4. The molecule has 0 heterocycles. The maximum Gasteiger partial charge on any atom is 0.335 e. The molecule has 1 N–H and O–H groups in total. The van der Waals surface area contributed by atoms with Crippen LogP contribution in [0.2, 0.25) is 0 Å². The molecule has 198 valence electrons. The van der Waals surface area contributed by atoms with Crippen LogP contribution in [0.5, 0.6) is 0 Å².